The van der Waals surface area contributed by atoms with Crippen LogP contribution in [0.15, 0.2) is 18.2 Å². The molecule has 0 spiro atoms. The van der Waals surface area contributed by atoms with Crippen LogP contribution < -0.4 is 4.74 Å². The lowest BCUT2D eigenvalue weighted by molar-refractivity contribution is -0.131. The summed E-state index contributed by atoms with van der Waals surface area (Å²) >= 11 is 0. The van der Waals surface area contributed by atoms with Crippen LogP contribution in [0.1, 0.15) is 56.1 Å². The van der Waals surface area contributed by atoms with Gasteiger partial charge in [-0.15, -0.1) is 0 Å². The molecule has 2 heteroatoms. The monoisotopic (exact) mass is 232 g/mol. The molecule has 1 fully saturated rings. The lowest BCUT2D eigenvalue weighted by Crippen LogP contribution is -2.09. The fourth-order valence-corrected chi connectivity index (χ4v) is 2.65. The molecule has 1 aromatic carbocycles. The number of esters is 1. The van der Waals surface area contributed by atoms with Gasteiger partial charge in [0, 0.05) is 6.92 Å². The Morgan fingerprint density at radius 1 is 1.24 bits per heavy atom. The van der Waals surface area contributed by atoms with E-state index in [1.807, 2.05) is 12.1 Å². The fourth-order valence-electron chi connectivity index (χ4n) is 2.65. The molecular formula is C15H20O2. The third kappa shape index (κ3) is 3.09. The zero-order valence-electron chi connectivity index (χ0n) is 10.7. The minimum atomic E-state index is -0.231. The van der Waals surface area contributed by atoms with Crippen molar-refractivity contribution < 1.29 is 9.53 Å². The number of hydrogen-bond donors (Lipinski definition) is 0. The molecule has 0 amide bonds. The summed E-state index contributed by atoms with van der Waals surface area (Å²) in [5, 5.41) is 0. The summed E-state index contributed by atoms with van der Waals surface area (Å²) in [6.45, 7) is 3.55. The number of aryl methyl sites for hydroxylation is 1. The Morgan fingerprint density at radius 2 is 1.94 bits per heavy atom. The number of carbonyl (C=O) groups is 1. The van der Waals surface area contributed by atoms with Crippen LogP contribution in [0.25, 0.3) is 0 Å². The smallest absolute Gasteiger partial charge is 0.308 e. The second-order valence-corrected chi connectivity index (χ2v) is 4.97. The SMILES string of the molecule is CC(=O)Oc1ccc(C)cc1C1CCCCC1. The lowest BCUT2D eigenvalue weighted by Gasteiger charge is -2.24. The molecule has 1 aliphatic carbocycles. The maximum absolute atomic E-state index is 11.1. The van der Waals surface area contributed by atoms with Crippen molar-refractivity contribution in [2.24, 2.45) is 0 Å². The van der Waals surface area contributed by atoms with Gasteiger partial charge in [0.1, 0.15) is 5.75 Å². The minimum Gasteiger partial charge on any atom is -0.426 e. The second-order valence-electron chi connectivity index (χ2n) is 4.97. The third-order valence-corrected chi connectivity index (χ3v) is 3.46. The van der Waals surface area contributed by atoms with Gasteiger partial charge in [0.2, 0.25) is 0 Å². The quantitative estimate of drug-likeness (QED) is 0.569. The van der Waals surface area contributed by atoms with Gasteiger partial charge in [-0.05, 0) is 37.3 Å². The van der Waals surface area contributed by atoms with Crippen LogP contribution in [0.3, 0.4) is 0 Å². The molecule has 2 nitrogen and oxygen atoms in total. The first-order valence-electron chi connectivity index (χ1n) is 6.46. The predicted octanol–water partition coefficient (Wildman–Crippen LogP) is 3.97. The van der Waals surface area contributed by atoms with Gasteiger partial charge in [-0.3, -0.25) is 4.79 Å². The van der Waals surface area contributed by atoms with Crippen LogP contribution in [0.4, 0.5) is 0 Å². The molecule has 0 N–H and O–H groups in total. The van der Waals surface area contributed by atoms with E-state index in [-0.39, 0.29) is 5.97 Å². The topological polar surface area (TPSA) is 26.3 Å². The zero-order chi connectivity index (χ0) is 12.3. The van der Waals surface area contributed by atoms with E-state index in [0.717, 1.165) is 5.75 Å². The molecule has 0 unspecified atom stereocenters. The average molecular weight is 232 g/mol. The molecule has 0 aliphatic heterocycles. The third-order valence-electron chi connectivity index (χ3n) is 3.46. The highest BCUT2D eigenvalue weighted by atomic mass is 16.5. The molecule has 0 saturated heterocycles. The molecule has 0 atom stereocenters. The Hall–Kier alpha value is -1.31. The Kier molecular flexibility index (Phi) is 3.82. The Morgan fingerprint density at radius 3 is 2.59 bits per heavy atom. The first-order valence-corrected chi connectivity index (χ1v) is 6.46. The first kappa shape index (κ1) is 12.2. The van der Waals surface area contributed by atoms with E-state index >= 15 is 0 Å². The maximum atomic E-state index is 11.1. The fraction of sp³-hybridized carbons (Fsp3) is 0.533. The van der Waals surface area contributed by atoms with Gasteiger partial charge in [-0.25, -0.2) is 0 Å². The summed E-state index contributed by atoms with van der Waals surface area (Å²) in [7, 11) is 0. The number of ether oxygens (including phenoxy) is 1. The molecule has 1 aliphatic rings. The maximum Gasteiger partial charge on any atom is 0.308 e. The second kappa shape index (κ2) is 5.35. The van der Waals surface area contributed by atoms with Crippen LogP contribution in [0.2, 0.25) is 0 Å². The number of carbonyl (C=O) groups excluding carboxylic acids is 1. The molecular weight excluding hydrogens is 212 g/mol. The summed E-state index contributed by atoms with van der Waals surface area (Å²) in [5.41, 5.74) is 2.46. The van der Waals surface area contributed by atoms with Gasteiger partial charge in [0.15, 0.2) is 0 Å². The summed E-state index contributed by atoms with van der Waals surface area (Å²) in [5.74, 6) is 1.10. The van der Waals surface area contributed by atoms with E-state index in [9.17, 15) is 4.79 Å². The highest BCUT2D eigenvalue weighted by Gasteiger charge is 2.20. The summed E-state index contributed by atoms with van der Waals surface area (Å²) < 4.78 is 5.31. The highest BCUT2D eigenvalue weighted by Crippen LogP contribution is 2.37. The molecule has 0 heterocycles. The number of hydrogen-bond acceptors (Lipinski definition) is 2. The van der Waals surface area contributed by atoms with Gasteiger partial charge in [0.05, 0.1) is 0 Å². The van der Waals surface area contributed by atoms with Gasteiger partial charge in [-0.1, -0.05) is 37.0 Å². The van der Waals surface area contributed by atoms with Crippen molar-refractivity contribution in [1.29, 1.82) is 0 Å². The van der Waals surface area contributed by atoms with Gasteiger partial charge in [-0.2, -0.15) is 0 Å². The average Bonchev–Trinajstić information content (AvgIpc) is 2.32. The van der Waals surface area contributed by atoms with Crippen molar-refractivity contribution in [2.45, 2.75) is 51.9 Å². The number of benzene rings is 1. The van der Waals surface area contributed by atoms with E-state index in [1.165, 1.54) is 50.2 Å². The van der Waals surface area contributed by atoms with Crippen LogP contribution >= 0.6 is 0 Å². The van der Waals surface area contributed by atoms with Gasteiger partial charge >= 0.3 is 5.97 Å². The van der Waals surface area contributed by atoms with E-state index in [4.69, 9.17) is 4.74 Å². The summed E-state index contributed by atoms with van der Waals surface area (Å²) in [6, 6.07) is 6.11. The molecule has 1 saturated carbocycles. The van der Waals surface area contributed by atoms with Crippen molar-refractivity contribution >= 4 is 5.97 Å². The lowest BCUT2D eigenvalue weighted by atomic mass is 9.83. The predicted molar refractivity (Wildman–Crippen MR) is 68.3 cm³/mol. The molecule has 17 heavy (non-hydrogen) atoms. The van der Waals surface area contributed by atoms with Crippen LogP contribution in [0, 0.1) is 6.92 Å². The normalized spacial score (nSPS) is 16.8. The van der Waals surface area contributed by atoms with Crippen molar-refractivity contribution in [3.63, 3.8) is 0 Å². The molecule has 0 aromatic heterocycles. The standard InChI is InChI=1S/C15H20O2/c1-11-8-9-15(17-12(2)16)14(10-11)13-6-4-3-5-7-13/h8-10,13H,3-7H2,1-2H3. The molecule has 92 valence electrons. The van der Waals surface area contributed by atoms with E-state index in [2.05, 4.69) is 13.0 Å². The number of rotatable bonds is 2. The highest BCUT2D eigenvalue weighted by molar-refractivity contribution is 5.70. The molecule has 0 bridgehead atoms. The Balaban J connectivity index is 2.28. The van der Waals surface area contributed by atoms with E-state index in [1.54, 1.807) is 0 Å². The van der Waals surface area contributed by atoms with E-state index < -0.39 is 0 Å². The van der Waals surface area contributed by atoms with E-state index in [0.29, 0.717) is 5.92 Å². The van der Waals surface area contributed by atoms with Crippen molar-refractivity contribution in [1.82, 2.24) is 0 Å². The van der Waals surface area contributed by atoms with Crippen molar-refractivity contribution in [3.05, 3.63) is 29.3 Å². The van der Waals surface area contributed by atoms with Crippen LogP contribution in [-0.2, 0) is 4.79 Å². The minimum absolute atomic E-state index is 0.231. The van der Waals surface area contributed by atoms with Crippen molar-refractivity contribution in [3.8, 4) is 5.75 Å². The molecule has 1 aromatic rings. The summed E-state index contributed by atoms with van der Waals surface area (Å²) in [4.78, 5) is 11.1. The van der Waals surface area contributed by atoms with Gasteiger partial charge < -0.3 is 4.74 Å². The largest absolute Gasteiger partial charge is 0.426 e. The van der Waals surface area contributed by atoms with Crippen molar-refractivity contribution in [2.75, 3.05) is 0 Å². The Bertz CT molecular complexity index is 403. The van der Waals surface area contributed by atoms with Gasteiger partial charge in [0.25, 0.3) is 0 Å². The van der Waals surface area contributed by atoms with Crippen LogP contribution in [-0.4, -0.2) is 5.97 Å². The molecule has 2 rings (SSSR count). The van der Waals surface area contributed by atoms with Crippen LogP contribution in [0.5, 0.6) is 5.75 Å². The summed E-state index contributed by atoms with van der Waals surface area (Å²) in [6.07, 6.45) is 6.36. The zero-order valence-corrected chi connectivity index (χ0v) is 10.7. The first-order chi connectivity index (χ1) is 8.16. The Labute approximate surface area is 103 Å². The molecule has 0 radical (unpaired) electrons.